The molecule has 0 aliphatic heterocycles. The third-order valence-corrected chi connectivity index (χ3v) is 3.32. The van der Waals surface area contributed by atoms with Gasteiger partial charge in [-0.25, -0.2) is 4.98 Å². The molecular weight excluding hydrogens is 290 g/mol. The van der Waals surface area contributed by atoms with Crippen molar-refractivity contribution in [2.24, 2.45) is 0 Å². The average molecular weight is 313 g/mol. The molecule has 1 heterocycles. The summed E-state index contributed by atoms with van der Waals surface area (Å²) >= 11 is 0. The molecule has 122 valence electrons. The van der Waals surface area contributed by atoms with Crippen LogP contribution in [0.3, 0.4) is 0 Å². The van der Waals surface area contributed by atoms with E-state index in [1.165, 1.54) is 0 Å². The van der Waals surface area contributed by atoms with Gasteiger partial charge in [0.1, 0.15) is 11.6 Å². The number of carbonyl (C=O) groups excluding carboxylic acids is 1. The van der Waals surface area contributed by atoms with E-state index in [-0.39, 0.29) is 11.9 Å². The van der Waals surface area contributed by atoms with Crippen molar-refractivity contribution in [3.8, 4) is 5.75 Å². The van der Waals surface area contributed by atoms with Crippen molar-refractivity contribution in [3.63, 3.8) is 0 Å². The molecule has 0 radical (unpaired) electrons. The highest BCUT2D eigenvalue weighted by Crippen LogP contribution is 2.11. The molecule has 0 spiro atoms. The third-order valence-electron chi connectivity index (χ3n) is 3.32. The van der Waals surface area contributed by atoms with Crippen molar-refractivity contribution in [2.45, 2.75) is 26.3 Å². The molecule has 2 N–H and O–H groups in total. The van der Waals surface area contributed by atoms with Gasteiger partial charge in [0.15, 0.2) is 0 Å². The Morgan fingerprint density at radius 3 is 2.61 bits per heavy atom. The number of ether oxygens (including phenoxy) is 1. The number of benzene rings is 1. The van der Waals surface area contributed by atoms with Crippen LogP contribution in [0.25, 0.3) is 0 Å². The predicted molar refractivity (Wildman–Crippen MR) is 92.0 cm³/mol. The Balaban J connectivity index is 1.86. The lowest BCUT2D eigenvalue weighted by molar-refractivity contribution is 0.0954. The van der Waals surface area contributed by atoms with Gasteiger partial charge in [-0.15, -0.1) is 0 Å². The van der Waals surface area contributed by atoms with Crippen LogP contribution in [0.4, 0.5) is 5.82 Å². The Kier molecular flexibility index (Phi) is 5.97. The van der Waals surface area contributed by atoms with Gasteiger partial charge < -0.3 is 15.4 Å². The summed E-state index contributed by atoms with van der Waals surface area (Å²) in [6, 6.07) is 11.6. The first kappa shape index (κ1) is 16.8. The summed E-state index contributed by atoms with van der Waals surface area (Å²) < 4.78 is 5.13. The fourth-order valence-electron chi connectivity index (χ4n) is 2.16. The molecule has 1 aromatic heterocycles. The summed E-state index contributed by atoms with van der Waals surface area (Å²) in [5.41, 5.74) is 1.76. The average Bonchev–Trinajstić information content (AvgIpc) is 2.55. The number of amides is 1. The zero-order valence-corrected chi connectivity index (χ0v) is 13.8. The van der Waals surface area contributed by atoms with Crippen LogP contribution in [0, 0.1) is 0 Å². The van der Waals surface area contributed by atoms with Gasteiger partial charge in [0.2, 0.25) is 0 Å². The molecule has 2 aromatic rings. The van der Waals surface area contributed by atoms with Crippen LogP contribution in [0.1, 0.15) is 29.8 Å². The molecule has 1 amide bonds. The normalized spacial score (nSPS) is 10.4. The molecule has 2 rings (SSSR count). The molecule has 0 unspecified atom stereocenters. The SMILES string of the molecule is COc1ccc(CCNC(=O)c2ccnc(NC(C)C)c2)cc1. The standard InChI is InChI=1S/C18H23N3O2/c1-13(2)21-17-12-15(9-11-19-17)18(22)20-10-8-14-4-6-16(23-3)7-5-14/h4-7,9,11-13H,8,10H2,1-3H3,(H,19,21)(H,20,22). The van der Waals surface area contributed by atoms with Crippen LogP contribution in [0.15, 0.2) is 42.6 Å². The molecule has 5 nitrogen and oxygen atoms in total. The second kappa shape index (κ2) is 8.17. The number of rotatable bonds is 7. The second-order valence-electron chi connectivity index (χ2n) is 5.58. The zero-order valence-electron chi connectivity index (χ0n) is 13.8. The van der Waals surface area contributed by atoms with Crippen molar-refractivity contribution in [2.75, 3.05) is 19.0 Å². The number of carbonyl (C=O) groups is 1. The zero-order chi connectivity index (χ0) is 16.7. The quantitative estimate of drug-likeness (QED) is 0.825. The summed E-state index contributed by atoms with van der Waals surface area (Å²) in [6.45, 7) is 4.65. The van der Waals surface area contributed by atoms with Crippen molar-refractivity contribution >= 4 is 11.7 Å². The number of hydrogen-bond donors (Lipinski definition) is 2. The van der Waals surface area contributed by atoms with Gasteiger partial charge in [-0.05, 0) is 50.1 Å². The van der Waals surface area contributed by atoms with Crippen LogP contribution < -0.4 is 15.4 Å². The molecule has 0 aliphatic carbocycles. The molecule has 0 aliphatic rings. The highest BCUT2D eigenvalue weighted by molar-refractivity contribution is 5.94. The number of methoxy groups -OCH3 is 1. The van der Waals surface area contributed by atoms with Gasteiger partial charge in [0.25, 0.3) is 5.91 Å². The van der Waals surface area contributed by atoms with E-state index in [2.05, 4.69) is 15.6 Å². The van der Waals surface area contributed by atoms with Crippen LogP contribution in [-0.2, 0) is 6.42 Å². The molecule has 0 fully saturated rings. The molecule has 0 saturated carbocycles. The van der Waals surface area contributed by atoms with Gasteiger partial charge in [-0.2, -0.15) is 0 Å². The van der Waals surface area contributed by atoms with E-state index in [1.807, 2.05) is 38.1 Å². The Hall–Kier alpha value is -2.56. The van der Waals surface area contributed by atoms with E-state index in [9.17, 15) is 4.79 Å². The minimum absolute atomic E-state index is 0.0901. The lowest BCUT2D eigenvalue weighted by Crippen LogP contribution is -2.26. The number of nitrogens with one attached hydrogen (secondary N) is 2. The second-order valence-corrected chi connectivity index (χ2v) is 5.58. The van der Waals surface area contributed by atoms with Crippen molar-refractivity contribution < 1.29 is 9.53 Å². The van der Waals surface area contributed by atoms with Gasteiger partial charge >= 0.3 is 0 Å². The Morgan fingerprint density at radius 2 is 1.96 bits per heavy atom. The van der Waals surface area contributed by atoms with Gasteiger partial charge in [-0.1, -0.05) is 12.1 Å². The lowest BCUT2D eigenvalue weighted by Gasteiger charge is -2.10. The third kappa shape index (κ3) is 5.29. The minimum atomic E-state index is -0.0901. The maximum Gasteiger partial charge on any atom is 0.251 e. The van der Waals surface area contributed by atoms with Crippen LogP contribution in [-0.4, -0.2) is 30.6 Å². The summed E-state index contributed by atoms with van der Waals surface area (Å²) in [4.78, 5) is 16.4. The van der Waals surface area contributed by atoms with Crippen LogP contribution in [0.5, 0.6) is 5.75 Å². The summed E-state index contributed by atoms with van der Waals surface area (Å²) in [5, 5.41) is 6.12. The fourth-order valence-corrected chi connectivity index (χ4v) is 2.16. The van der Waals surface area contributed by atoms with Gasteiger partial charge in [0.05, 0.1) is 7.11 Å². The summed E-state index contributed by atoms with van der Waals surface area (Å²) in [6.07, 6.45) is 2.42. The molecule has 0 atom stereocenters. The predicted octanol–water partition coefficient (Wildman–Crippen LogP) is 2.88. The summed E-state index contributed by atoms with van der Waals surface area (Å²) in [5.74, 6) is 1.45. The lowest BCUT2D eigenvalue weighted by atomic mass is 10.1. The van der Waals surface area contributed by atoms with Gasteiger partial charge in [0, 0.05) is 24.3 Å². The van der Waals surface area contributed by atoms with Crippen LogP contribution >= 0.6 is 0 Å². The van der Waals surface area contributed by atoms with E-state index < -0.39 is 0 Å². The first-order valence-corrected chi connectivity index (χ1v) is 7.72. The largest absolute Gasteiger partial charge is 0.497 e. The molecule has 5 heteroatoms. The number of aromatic nitrogens is 1. The number of nitrogens with zero attached hydrogens (tertiary/aromatic N) is 1. The van der Waals surface area contributed by atoms with Crippen LogP contribution in [0.2, 0.25) is 0 Å². The van der Waals surface area contributed by atoms with Crippen molar-refractivity contribution in [3.05, 3.63) is 53.7 Å². The maximum atomic E-state index is 12.2. The topological polar surface area (TPSA) is 63.2 Å². The molecule has 0 saturated heterocycles. The van der Waals surface area contributed by atoms with Crippen molar-refractivity contribution in [1.29, 1.82) is 0 Å². The molecular formula is C18H23N3O2. The monoisotopic (exact) mass is 313 g/mol. The first-order valence-electron chi connectivity index (χ1n) is 7.72. The van der Waals surface area contributed by atoms with E-state index in [0.717, 1.165) is 17.7 Å². The number of anilines is 1. The summed E-state index contributed by atoms with van der Waals surface area (Å²) in [7, 11) is 1.65. The highest BCUT2D eigenvalue weighted by atomic mass is 16.5. The number of pyridine rings is 1. The molecule has 0 bridgehead atoms. The van der Waals surface area contributed by atoms with E-state index in [4.69, 9.17) is 4.74 Å². The number of hydrogen-bond acceptors (Lipinski definition) is 4. The fraction of sp³-hybridized carbons (Fsp3) is 0.333. The first-order chi connectivity index (χ1) is 11.1. The van der Waals surface area contributed by atoms with E-state index in [1.54, 1.807) is 25.4 Å². The Labute approximate surface area is 137 Å². The van der Waals surface area contributed by atoms with Crippen molar-refractivity contribution in [1.82, 2.24) is 10.3 Å². The Morgan fingerprint density at radius 1 is 1.22 bits per heavy atom. The maximum absolute atomic E-state index is 12.2. The highest BCUT2D eigenvalue weighted by Gasteiger charge is 2.07. The Bertz CT molecular complexity index is 639. The van der Waals surface area contributed by atoms with E-state index >= 15 is 0 Å². The molecule has 1 aromatic carbocycles. The molecule has 23 heavy (non-hydrogen) atoms. The van der Waals surface area contributed by atoms with E-state index in [0.29, 0.717) is 17.9 Å². The van der Waals surface area contributed by atoms with Gasteiger partial charge in [-0.3, -0.25) is 4.79 Å². The minimum Gasteiger partial charge on any atom is -0.497 e. The smallest absolute Gasteiger partial charge is 0.251 e.